The maximum Gasteiger partial charge on any atom is 0.322 e. The van der Waals surface area contributed by atoms with Gasteiger partial charge in [0.05, 0.1) is 19.2 Å². The number of aromatic nitrogens is 1. The number of hydrogen-bond acceptors (Lipinski definition) is 6. The molecule has 2 heterocycles. The van der Waals surface area contributed by atoms with E-state index >= 15 is 0 Å². The van der Waals surface area contributed by atoms with Crippen LogP contribution in [0.4, 0.5) is 10.5 Å². The van der Waals surface area contributed by atoms with E-state index < -0.39 is 0 Å². The molecule has 5 rings (SSSR count). The van der Waals surface area contributed by atoms with E-state index in [2.05, 4.69) is 63.7 Å². The van der Waals surface area contributed by atoms with Gasteiger partial charge < -0.3 is 19.9 Å². The van der Waals surface area contributed by atoms with Gasteiger partial charge in [-0.15, -0.1) is 11.3 Å². The van der Waals surface area contributed by atoms with Crippen molar-refractivity contribution in [2.45, 2.75) is 12.6 Å². The summed E-state index contributed by atoms with van der Waals surface area (Å²) in [5, 5.41) is 5.88. The molecule has 218 valence electrons. The van der Waals surface area contributed by atoms with E-state index in [1.54, 1.807) is 41.7 Å². The number of amides is 3. The van der Waals surface area contributed by atoms with Crippen LogP contribution >= 0.6 is 22.9 Å². The first kappa shape index (κ1) is 29.7. The number of methoxy groups -OCH3 is 1. The summed E-state index contributed by atoms with van der Waals surface area (Å²) in [6.07, 6.45) is 0. The zero-order valence-corrected chi connectivity index (χ0v) is 25.1. The molecule has 1 N–H and O–H groups in total. The summed E-state index contributed by atoms with van der Waals surface area (Å²) in [5.74, 6) is -0.0834. The minimum absolute atomic E-state index is 0.0834. The molecule has 1 aromatic heterocycles. The molecule has 0 atom stereocenters. The lowest BCUT2D eigenvalue weighted by atomic mass is 9.96. The Bertz CT molecular complexity index is 1420. The Hall–Kier alpha value is -3.76. The third kappa shape index (κ3) is 7.54. The molecule has 0 aliphatic carbocycles. The Morgan fingerprint density at radius 1 is 0.976 bits per heavy atom. The molecular weight excluding hydrogens is 570 g/mol. The molecule has 4 aromatic rings. The minimum Gasteiger partial charge on any atom is -0.383 e. The van der Waals surface area contributed by atoms with Gasteiger partial charge in [-0.05, 0) is 29.3 Å². The quantitative estimate of drug-likeness (QED) is 0.240. The van der Waals surface area contributed by atoms with Gasteiger partial charge in [-0.1, -0.05) is 78.3 Å². The first-order valence-corrected chi connectivity index (χ1v) is 15.2. The van der Waals surface area contributed by atoms with Crippen molar-refractivity contribution in [2.24, 2.45) is 0 Å². The second kappa shape index (κ2) is 14.4. The Morgan fingerprint density at radius 3 is 2.26 bits per heavy atom. The van der Waals surface area contributed by atoms with E-state index in [4.69, 9.17) is 16.3 Å². The number of halogens is 1. The van der Waals surface area contributed by atoms with Crippen LogP contribution in [-0.2, 0) is 11.3 Å². The lowest BCUT2D eigenvalue weighted by Gasteiger charge is -2.39. The van der Waals surface area contributed by atoms with Crippen molar-refractivity contribution in [2.75, 3.05) is 51.8 Å². The lowest BCUT2D eigenvalue weighted by molar-refractivity contribution is 0.0592. The number of piperazine rings is 1. The topological polar surface area (TPSA) is 78.0 Å². The molecule has 0 radical (unpaired) electrons. The van der Waals surface area contributed by atoms with Crippen LogP contribution in [0.5, 0.6) is 0 Å². The van der Waals surface area contributed by atoms with Gasteiger partial charge >= 0.3 is 6.03 Å². The number of ether oxygens (including phenoxy) is 1. The number of benzene rings is 3. The summed E-state index contributed by atoms with van der Waals surface area (Å²) < 4.78 is 5.21. The van der Waals surface area contributed by atoms with E-state index in [0.29, 0.717) is 47.7 Å². The highest BCUT2D eigenvalue weighted by Crippen LogP contribution is 2.30. The van der Waals surface area contributed by atoms with Crippen LogP contribution in [0, 0.1) is 0 Å². The highest BCUT2D eigenvalue weighted by atomic mass is 35.5. The first-order chi connectivity index (χ1) is 20.5. The van der Waals surface area contributed by atoms with Gasteiger partial charge in [0.25, 0.3) is 5.91 Å². The number of rotatable bonds is 10. The number of carbonyl (C=O) groups excluding carboxylic acids is 2. The van der Waals surface area contributed by atoms with Crippen molar-refractivity contribution >= 4 is 40.6 Å². The van der Waals surface area contributed by atoms with E-state index in [1.807, 2.05) is 17.0 Å². The smallest absolute Gasteiger partial charge is 0.322 e. The number of hydrogen-bond donors (Lipinski definition) is 1. The Labute approximate surface area is 255 Å². The van der Waals surface area contributed by atoms with Crippen LogP contribution in [-0.4, -0.2) is 78.1 Å². The number of nitrogens with one attached hydrogen (secondary N) is 1. The fourth-order valence-corrected chi connectivity index (χ4v) is 6.07. The summed E-state index contributed by atoms with van der Waals surface area (Å²) in [5.41, 5.74) is 3.49. The van der Waals surface area contributed by atoms with Crippen molar-refractivity contribution in [3.05, 3.63) is 117 Å². The predicted molar refractivity (Wildman–Crippen MR) is 167 cm³/mol. The van der Waals surface area contributed by atoms with Crippen LogP contribution in [0.2, 0.25) is 5.02 Å². The first-order valence-electron chi connectivity index (χ1n) is 13.9. The standard InChI is InChI=1S/C32H34ClN5O3S/c1-41-20-19-38(32(40)34-27-14-8-13-26(33)21-27)22-29-35-28(23-42-29)31(39)37-17-15-36(16-18-37)30(24-9-4-2-5-10-24)25-11-6-3-7-12-25/h2-14,21,23,30H,15-20,22H2,1H3,(H,34,40). The molecule has 8 nitrogen and oxygen atoms in total. The lowest BCUT2D eigenvalue weighted by Crippen LogP contribution is -2.50. The van der Waals surface area contributed by atoms with Crippen LogP contribution in [0.25, 0.3) is 0 Å². The van der Waals surface area contributed by atoms with Crippen LogP contribution in [0.15, 0.2) is 90.3 Å². The van der Waals surface area contributed by atoms with Crippen molar-refractivity contribution < 1.29 is 14.3 Å². The maximum atomic E-state index is 13.4. The summed E-state index contributed by atoms with van der Waals surface area (Å²) in [6, 6.07) is 27.8. The zero-order valence-electron chi connectivity index (χ0n) is 23.5. The number of nitrogens with zero attached hydrogens (tertiary/aromatic N) is 4. The number of urea groups is 1. The monoisotopic (exact) mass is 603 g/mol. The average Bonchev–Trinajstić information content (AvgIpc) is 3.49. The van der Waals surface area contributed by atoms with Crippen LogP contribution < -0.4 is 5.32 Å². The van der Waals surface area contributed by atoms with Crippen LogP contribution in [0.1, 0.15) is 32.7 Å². The highest BCUT2D eigenvalue weighted by Gasteiger charge is 2.29. The molecule has 3 amide bonds. The van der Waals surface area contributed by atoms with Gasteiger partial charge in [-0.2, -0.15) is 0 Å². The minimum atomic E-state index is -0.292. The Balaban J connectivity index is 1.22. The normalized spacial score (nSPS) is 13.7. The SMILES string of the molecule is COCCN(Cc1nc(C(=O)N2CCN(C(c3ccccc3)c3ccccc3)CC2)cs1)C(=O)Nc1cccc(Cl)c1. The molecule has 0 saturated carbocycles. The van der Waals surface area contributed by atoms with E-state index in [0.717, 1.165) is 13.1 Å². The molecule has 10 heteroatoms. The summed E-state index contributed by atoms with van der Waals surface area (Å²) in [6.45, 7) is 3.75. The van der Waals surface area contributed by atoms with Gasteiger partial charge in [-0.25, -0.2) is 9.78 Å². The molecular formula is C32H34ClN5O3S. The van der Waals surface area contributed by atoms with E-state index in [-0.39, 0.29) is 24.5 Å². The van der Waals surface area contributed by atoms with Gasteiger partial charge in [0.15, 0.2) is 0 Å². The fourth-order valence-electron chi connectivity index (χ4n) is 5.10. The van der Waals surface area contributed by atoms with Gasteiger partial charge in [0.2, 0.25) is 0 Å². The Morgan fingerprint density at radius 2 is 1.64 bits per heavy atom. The van der Waals surface area contributed by atoms with E-state index in [9.17, 15) is 9.59 Å². The number of anilines is 1. The van der Waals surface area contributed by atoms with Crippen molar-refractivity contribution in [1.29, 1.82) is 0 Å². The maximum absolute atomic E-state index is 13.4. The molecule has 1 fully saturated rings. The van der Waals surface area contributed by atoms with Crippen molar-refractivity contribution in [3.8, 4) is 0 Å². The molecule has 0 unspecified atom stereocenters. The molecule has 3 aromatic carbocycles. The molecule has 1 aliphatic rings. The van der Waals surface area contributed by atoms with Crippen LogP contribution in [0.3, 0.4) is 0 Å². The highest BCUT2D eigenvalue weighted by molar-refractivity contribution is 7.09. The van der Waals surface area contributed by atoms with E-state index in [1.165, 1.54) is 22.5 Å². The second-order valence-corrected chi connectivity index (χ2v) is 11.4. The van der Waals surface area contributed by atoms with Gasteiger partial charge in [0, 0.05) is 55.9 Å². The van der Waals surface area contributed by atoms with Crippen molar-refractivity contribution in [3.63, 3.8) is 0 Å². The number of carbonyl (C=O) groups is 2. The molecule has 0 bridgehead atoms. The fraction of sp³-hybridized carbons (Fsp3) is 0.281. The summed E-state index contributed by atoms with van der Waals surface area (Å²) >= 11 is 7.44. The molecule has 42 heavy (non-hydrogen) atoms. The molecule has 1 aliphatic heterocycles. The zero-order chi connectivity index (χ0) is 29.3. The molecule has 0 spiro atoms. The number of thiazole rings is 1. The summed E-state index contributed by atoms with van der Waals surface area (Å²) in [7, 11) is 1.59. The average molecular weight is 604 g/mol. The second-order valence-electron chi connectivity index (χ2n) is 10.0. The van der Waals surface area contributed by atoms with Crippen molar-refractivity contribution in [1.82, 2.24) is 19.7 Å². The Kier molecular flexibility index (Phi) is 10.2. The molecule has 1 saturated heterocycles. The predicted octanol–water partition coefficient (Wildman–Crippen LogP) is 6.02. The largest absolute Gasteiger partial charge is 0.383 e. The van der Waals surface area contributed by atoms with Gasteiger partial charge in [0.1, 0.15) is 10.7 Å². The third-order valence-electron chi connectivity index (χ3n) is 7.22. The summed E-state index contributed by atoms with van der Waals surface area (Å²) in [4.78, 5) is 37.0. The third-order valence-corrected chi connectivity index (χ3v) is 8.29. The van der Waals surface area contributed by atoms with Gasteiger partial charge in [-0.3, -0.25) is 9.69 Å².